The van der Waals surface area contributed by atoms with Crippen LogP contribution in [-0.4, -0.2) is 26.8 Å². The maximum atomic E-state index is 12.0. The van der Waals surface area contributed by atoms with Crippen LogP contribution in [0, 0.1) is 6.92 Å². The molecule has 3 heterocycles. The Morgan fingerprint density at radius 3 is 3.00 bits per heavy atom. The maximum absolute atomic E-state index is 12.0. The lowest BCUT2D eigenvalue weighted by molar-refractivity contribution is 0.0953. The quantitative estimate of drug-likeness (QED) is 0.779. The van der Waals surface area contributed by atoms with Crippen molar-refractivity contribution < 1.29 is 4.79 Å². The van der Waals surface area contributed by atoms with E-state index in [1.807, 2.05) is 31.3 Å². The summed E-state index contributed by atoms with van der Waals surface area (Å²) in [5.41, 5.74) is 3.57. The minimum atomic E-state index is -0.131. The molecule has 22 heavy (non-hydrogen) atoms. The van der Waals surface area contributed by atoms with E-state index < -0.39 is 0 Å². The molecule has 1 amide bonds. The summed E-state index contributed by atoms with van der Waals surface area (Å²) in [7, 11) is 0. The highest BCUT2D eigenvalue weighted by atomic mass is 79.9. The molecule has 0 spiro atoms. The zero-order valence-corrected chi connectivity index (χ0v) is 13.7. The fourth-order valence-corrected chi connectivity index (χ4v) is 2.63. The fourth-order valence-electron chi connectivity index (χ4n) is 2.26. The topological polar surface area (TPSA) is 59.3 Å². The standard InChI is InChI=1S/C16H15BrN4O/c1-11-3-2-4-15-20-14(10-21(11)15)5-6-19-16(22)12-7-13(17)9-18-8-12/h2-4,7-10H,5-6H2,1H3,(H,19,22). The molecule has 0 aliphatic rings. The molecule has 0 bridgehead atoms. The van der Waals surface area contributed by atoms with Crippen molar-refractivity contribution in [3.05, 3.63) is 64.3 Å². The van der Waals surface area contributed by atoms with Crippen molar-refractivity contribution in [2.45, 2.75) is 13.3 Å². The van der Waals surface area contributed by atoms with E-state index in [1.165, 1.54) is 0 Å². The Kier molecular flexibility index (Phi) is 4.20. The number of aryl methyl sites for hydroxylation is 1. The third-order valence-corrected chi connectivity index (χ3v) is 3.81. The summed E-state index contributed by atoms with van der Waals surface area (Å²) >= 11 is 3.31. The number of nitrogens with one attached hydrogen (secondary N) is 1. The summed E-state index contributed by atoms with van der Waals surface area (Å²) in [4.78, 5) is 20.6. The molecule has 0 atom stereocenters. The van der Waals surface area contributed by atoms with Gasteiger partial charge in [-0.2, -0.15) is 0 Å². The van der Waals surface area contributed by atoms with Gasteiger partial charge in [0.25, 0.3) is 5.91 Å². The highest BCUT2D eigenvalue weighted by molar-refractivity contribution is 9.10. The highest BCUT2D eigenvalue weighted by Gasteiger charge is 2.07. The van der Waals surface area contributed by atoms with Gasteiger partial charge >= 0.3 is 0 Å². The number of imidazole rings is 1. The van der Waals surface area contributed by atoms with Crippen molar-refractivity contribution in [2.24, 2.45) is 0 Å². The Bertz CT molecular complexity index is 828. The van der Waals surface area contributed by atoms with Gasteiger partial charge in [0.1, 0.15) is 5.65 Å². The molecular formula is C16H15BrN4O. The molecule has 6 heteroatoms. The van der Waals surface area contributed by atoms with E-state index in [2.05, 4.69) is 35.6 Å². The number of hydrogen-bond acceptors (Lipinski definition) is 3. The molecular weight excluding hydrogens is 344 g/mol. The molecule has 0 aromatic carbocycles. The summed E-state index contributed by atoms with van der Waals surface area (Å²) in [6.07, 6.45) is 5.90. The first-order valence-corrected chi connectivity index (χ1v) is 7.75. The van der Waals surface area contributed by atoms with Crippen LogP contribution < -0.4 is 5.32 Å². The maximum Gasteiger partial charge on any atom is 0.252 e. The van der Waals surface area contributed by atoms with Gasteiger partial charge in [-0.25, -0.2) is 4.98 Å². The number of hydrogen-bond donors (Lipinski definition) is 1. The van der Waals surface area contributed by atoms with Crippen LogP contribution in [0.15, 0.2) is 47.3 Å². The first-order valence-electron chi connectivity index (χ1n) is 6.96. The summed E-state index contributed by atoms with van der Waals surface area (Å²) in [5.74, 6) is -0.131. The minimum Gasteiger partial charge on any atom is -0.352 e. The molecule has 3 aromatic rings. The van der Waals surface area contributed by atoms with Crippen molar-refractivity contribution in [3.8, 4) is 0 Å². The van der Waals surface area contributed by atoms with Crippen LogP contribution in [0.25, 0.3) is 5.65 Å². The van der Waals surface area contributed by atoms with E-state index in [0.29, 0.717) is 18.5 Å². The average molecular weight is 359 g/mol. The Hall–Kier alpha value is -2.21. The number of rotatable bonds is 4. The SMILES string of the molecule is Cc1cccc2nc(CCNC(=O)c3cncc(Br)c3)cn12. The minimum absolute atomic E-state index is 0.131. The van der Waals surface area contributed by atoms with Gasteiger partial charge in [-0.1, -0.05) is 6.07 Å². The van der Waals surface area contributed by atoms with Gasteiger partial charge in [0.2, 0.25) is 0 Å². The highest BCUT2D eigenvalue weighted by Crippen LogP contribution is 2.10. The summed E-state index contributed by atoms with van der Waals surface area (Å²) in [5, 5.41) is 2.88. The Balaban J connectivity index is 1.62. The number of fused-ring (bicyclic) bond motifs is 1. The predicted octanol–water partition coefficient (Wildman–Crippen LogP) is 2.77. The Morgan fingerprint density at radius 1 is 1.36 bits per heavy atom. The number of amides is 1. The molecule has 0 radical (unpaired) electrons. The number of carbonyl (C=O) groups excluding carboxylic acids is 1. The summed E-state index contributed by atoms with van der Waals surface area (Å²) < 4.78 is 2.84. The second kappa shape index (κ2) is 6.27. The molecule has 0 fully saturated rings. The molecule has 0 aliphatic carbocycles. The van der Waals surface area contributed by atoms with Crippen LogP contribution in [-0.2, 0) is 6.42 Å². The molecule has 3 aromatic heterocycles. The molecule has 0 unspecified atom stereocenters. The fraction of sp³-hybridized carbons (Fsp3) is 0.188. The van der Waals surface area contributed by atoms with Gasteiger partial charge in [-0.05, 0) is 41.1 Å². The molecule has 0 saturated carbocycles. The summed E-state index contributed by atoms with van der Waals surface area (Å²) in [6, 6.07) is 7.75. The van der Waals surface area contributed by atoms with Gasteiger partial charge in [0.05, 0.1) is 11.3 Å². The van der Waals surface area contributed by atoms with Crippen molar-refractivity contribution in [2.75, 3.05) is 6.54 Å². The third-order valence-electron chi connectivity index (χ3n) is 3.38. The van der Waals surface area contributed by atoms with Crippen LogP contribution >= 0.6 is 15.9 Å². The zero-order valence-electron chi connectivity index (χ0n) is 12.1. The number of carbonyl (C=O) groups is 1. The lowest BCUT2D eigenvalue weighted by Gasteiger charge is -2.03. The number of nitrogens with zero attached hydrogens (tertiary/aromatic N) is 3. The molecule has 1 N–H and O–H groups in total. The average Bonchev–Trinajstić information content (AvgIpc) is 2.91. The summed E-state index contributed by atoms with van der Waals surface area (Å²) in [6.45, 7) is 2.58. The Labute approximate surface area is 136 Å². The molecule has 0 aliphatic heterocycles. The third kappa shape index (κ3) is 3.17. The van der Waals surface area contributed by atoms with E-state index in [9.17, 15) is 4.79 Å². The van der Waals surface area contributed by atoms with E-state index >= 15 is 0 Å². The Morgan fingerprint density at radius 2 is 2.23 bits per heavy atom. The second-order valence-electron chi connectivity index (χ2n) is 5.03. The van der Waals surface area contributed by atoms with Crippen LogP contribution in [0.1, 0.15) is 21.7 Å². The second-order valence-corrected chi connectivity index (χ2v) is 5.94. The van der Waals surface area contributed by atoms with Crippen LogP contribution in [0.2, 0.25) is 0 Å². The first kappa shape index (κ1) is 14.7. The monoisotopic (exact) mass is 358 g/mol. The van der Waals surface area contributed by atoms with Gasteiger partial charge in [-0.3, -0.25) is 9.78 Å². The number of pyridine rings is 2. The van der Waals surface area contributed by atoms with Crippen LogP contribution in [0.5, 0.6) is 0 Å². The lowest BCUT2D eigenvalue weighted by atomic mass is 10.2. The van der Waals surface area contributed by atoms with Crippen LogP contribution in [0.4, 0.5) is 0 Å². The number of halogens is 1. The largest absolute Gasteiger partial charge is 0.352 e. The van der Waals surface area contributed by atoms with E-state index in [-0.39, 0.29) is 5.91 Å². The first-order chi connectivity index (χ1) is 10.6. The predicted molar refractivity (Wildman–Crippen MR) is 87.9 cm³/mol. The molecule has 3 rings (SSSR count). The van der Waals surface area contributed by atoms with Crippen molar-refractivity contribution in [1.82, 2.24) is 19.7 Å². The van der Waals surface area contributed by atoms with Gasteiger partial charge < -0.3 is 9.72 Å². The zero-order chi connectivity index (χ0) is 15.5. The smallest absolute Gasteiger partial charge is 0.252 e. The van der Waals surface area contributed by atoms with E-state index in [4.69, 9.17) is 0 Å². The normalized spacial score (nSPS) is 10.8. The van der Waals surface area contributed by atoms with Gasteiger partial charge in [0.15, 0.2) is 0 Å². The van der Waals surface area contributed by atoms with E-state index in [0.717, 1.165) is 21.5 Å². The van der Waals surface area contributed by atoms with Crippen molar-refractivity contribution in [1.29, 1.82) is 0 Å². The van der Waals surface area contributed by atoms with Crippen molar-refractivity contribution in [3.63, 3.8) is 0 Å². The molecule has 112 valence electrons. The molecule has 0 saturated heterocycles. The van der Waals surface area contributed by atoms with E-state index in [1.54, 1.807) is 18.5 Å². The van der Waals surface area contributed by atoms with Crippen molar-refractivity contribution >= 4 is 27.5 Å². The number of aromatic nitrogens is 3. The van der Waals surface area contributed by atoms with Gasteiger partial charge in [0, 0.05) is 41.7 Å². The lowest BCUT2D eigenvalue weighted by Crippen LogP contribution is -2.25. The molecule has 5 nitrogen and oxygen atoms in total. The van der Waals surface area contributed by atoms with Crippen LogP contribution in [0.3, 0.4) is 0 Å². The van der Waals surface area contributed by atoms with Gasteiger partial charge in [-0.15, -0.1) is 0 Å².